The van der Waals surface area contributed by atoms with E-state index in [-0.39, 0.29) is 29.5 Å². The average Bonchev–Trinajstić information content (AvgIpc) is 2.90. The van der Waals surface area contributed by atoms with Crippen LogP contribution in [0.5, 0.6) is 57.5 Å². The molecule has 12 heteroatoms. The number of hydrogen-bond acceptors (Lipinski definition) is 12. The Morgan fingerprint density at radius 1 is 0.450 bits per heavy atom. The summed E-state index contributed by atoms with van der Waals surface area (Å²) in [5.41, 5.74) is -0.448. The van der Waals surface area contributed by atoms with Gasteiger partial charge in [-0.15, -0.1) is 0 Å². The lowest BCUT2D eigenvalue weighted by atomic mass is 9.88. The second kappa shape index (κ2) is 10.2. The third-order valence-corrected chi connectivity index (χ3v) is 6.20. The summed E-state index contributed by atoms with van der Waals surface area (Å²) in [5.74, 6) is -9.68. The van der Waals surface area contributed by atoms with E-state index in [4.69, 9.17) is 0 Å². The van der Waals surface area contributed by atoms with Gasteiger partial charge in [0.05, 0.1) is 0 Å². The molecule has 0 aliphatic heterocycles. The molecule has 0 saturated heterocycles. The fourth-order valence-electron chi connectivity index (χ4n) is 4.14. The van der Waals surface area contributed by atoms with Gasteiger partial charge < -0.3 is 51.1 Å². The van der Waals surface area contributed by atoms with Crippen LogP contribution in [-0.4, -0.2) is 62.6 Å². The molecule has 0 heterocycles. The van der Waals surface area contributed by atoms with Crippen molar-refractivity contribution in [2.75, 3.05) is 0 Å². The number of phenols is 10. The van der Waals surface area contributed by atoms with Crippen LogP contribution in [0.2, 0.25) is 0 Å². The van der Waals surface area contributed by atoms with Crippen molar-refractivity contribution in [2.24, 2.45) is 0 Å². The predicted octanol–water partition coefficient (Wildman–Crippen LogP) is 3.26. The first-order chi connectivity index (χ1) is 18.8. The van der Waals surface area contributed by atoms with Crippen LogP contribution in [0.3, 0.4) is 0 Å². The number of Topliss-reactive ketones (excluding diaryl/α,β-unsaturated/α-hetero) is 2. The summed E-state index contributed by atoms with van der Waals surface area (Å²) in [6.45, 7) is 0. The SMILES string of the molecule is O=C(C(=O)c1cc(O)c(O)cc1-c1cc(O)c(O)cc1CCc1cc(O)c(O)c(O)c1)c1cc(O)c(O)c(O)c1. The lowest BCUT2D eigenvalue weighted by molar-refractivity contribution is 0.0816. The average molecular weight is 550 g/mol. The van der Waals surface area contributed by atoms with Crippen molar-refractivity contribution in [2.45, 2.75) is 12.8 Å². The topological polar surface area (TPSA) is 236 Å². The number of ketones is 2. The fraction of sp³-hybridized carbons (Fsp3) is 0.0714. The first-order valence-electron chi connectivity index (χ1n) is 11.5. The molecule has 4 rings (SSSR count). The van der Waals surface area contributed by atoms with Crippen LogP contribution >= 0.6 is 0 Å². The maximum Gasteiger partial charge on any atom is 0.234 e. The number of phenolic OH excluding ortho intramolecular Hbond substituents is 10. The summed E-state index contributed by atoms with van der Waals surface area (Å²) in [4.78, 5) is 26.3. The minimum absolute atomic E-state index is 0.0375. The Balaban J connectivity index is 1.82. The smallest absolute Gasteiger partial charge is 0.234 e. The molecule has 0 aromatic heterocycles. The summed E-state index contributed by atoms with van der Waals surface area (Å²) >= 11 is 0. The standard InChI is InChI=1S/C28H22O12/c29-17-5-12(2-1-11-3-21(33)27(39)22(34)4-11)14(8-18(17)30)15-9-19(31)20(32)10-16(15)26(38)25(37)13-6-23(35)28(40)24(36)7-13/h3-10,29-36,39-40H,1-2H2. The summed E-state index contributed by atoms with van der Waals surface area (Å²) in [5, 5.41) is 98.9. The summed E-state index contributed by atoms with van der Waals surface area (Å²) in [6, 6.07) is 7.84. The van der Waals surface area contributed by atoms with Crippen molar-refractivity contribution in [3.8, 4) is 68.6 Å². The predicted molar refractivity (Wildman–Crippen MR) is 137 cm³/mol. The van der Waals surface area contributed by atoms with Gasteiger partial charge in [0.2, 0.25) is 11.6 Å². The fourth-order valence-corrected chi connectivity index (χ4v) is 4.14. The van der Waals surface area contributed by atoms with Crippen LogP contribution in [0.15, 0.2) is 48.5 Å². The zero-order valence-electron chi connectivity index (χ0n) is 20.3. The van der Waals surface area contributed by atoms with Gasteiger partial charge in [0.15, 0.2) is 57.5 Å². The quantitative estimate of drug-likeness (QED) is 0.0906. The molecule has 0 bridgehead atoms. The molecule has 0 saturated carbocycles. The molecule has 40 heavy (non-hydrogen) atoms. The van der Waals surface area contributed by atoms with Gasteiger partial charge in [0, 0.05) is 11.1 Å². The van der Waals surface area contributed by atoms with Gasteiger partial charge in [-0.2, -0.15) is 0 Å². The summed E-state index contributed by atoms with van der Waals surface area (Å²) in [7, 11) is 0. The van der Waals surface area contributed by atoms with Crippen LogP contribution in [0, 0.1) is 0 Å². The van der Waals surface area contributed by atoms with Crippen molar-refractivity contribution in [1.29, 1.82) is 0 Å². The molecule has 0 radical (unpaired) electrons. The molecular formula is C28H22O12. The molecule has 206 valence electrons. The van der Waals surface area contributed by atoms with Gasteiger partial charge in [-0.1, -0.05) is 0 Å². The lowest BCUT2D eigenvalue weighted by Crippen LogP contribution is -2.16. The van der Waals surface area contributed by atoms with E-state index in [9.17, 15) is 60.7 Å². The highest BCUT2D eigenvalue weighted by Crippen LogP contribution is 2.42. The van der Waals surface area contributed by atoms with E-state index in [1.807, 2.05) is 0 Å². The van der Waals surface area contributed by atoms with Gasteiger partial charge in [-0.25, -0.2) is 0 Å². The molecule has 10 N–H and O–H groups in total. The normalized spacial score (nSPS) is 10.9. The highest BCUT2D eigenvalue weighted by molar-refractivity contribution is 6.50. The van der Waals surface area contributed by atoms with Gasteiger partial charge in [0.1, 0.15) is 0 Å². The van der Waals surface area contributed by atoms with E-state index in [1.54, 1.807) is 0 Å². The van der Waals surface area contributed by atoms with E-state index in [1.165, 1.54) is 12.1 Å². The van der Waals surface area contributed by atoms with Crippen LogP contribution in [0.1, 0.15) is 31.8 Å². The molecule has 0 amide bonds. The van der Waals surface area contributed by atoms with Crippen LogP contribution < -0.4 is 0 Å². The molecule has 4 aromatic rings. The molecule has 0 spiro atoms. The molecule has 12 nitrogen and oxygen atoms in total. The van der Waals surface area contributed by atoms with Gasteiger partial charge in [-0.05, 0) is 83.6 Å². The Morgan fingerprint density at radius 2 is 0.900 bits per heavy atom. The van der Waals surface area contributed by atoms with Crippen molar-refractivity contribution in [1.82, 2.24) is 0 Å². The Kier molecular flexibility index (Phi) is 6.93. The Labute approximate surface area is 224 Å². The lowest BCUT2D eigenvalue weighted by Gasteiger charge is -2.16. The zero-order valence-corrected chi connectivity index (χ0v) is 20.3. The first-order valence-corrected chi connectivity index (χ1v) is 11.5. The second-order valence-corrected chi connectivity index (χ2v) is 8.89. The van der Waals surface area contributed by atoms with Crippen molar-refractivity contribution < 1.29 is 60.7 Å². The monoisotopic (exact) mass is 550 g/mol. The third kappa shape index (κ3) is 5.00. The van der Waals surface area contributed by atoms with Crippen molar-refractivity contribution in [3.63, 3.8) is 0 Å². The minimum atomic E-state index is -1.27. The Morgan fingerprint density at radius 3 is 1.45 bits per heavy atom. The number of benzene rings is 4. The largest absolute Gasteiger partial charge is 0.504 e. The van der Waals surface area contributed by atoms with Crippen molar-refractivity contribution >= 4 is 11.6 Å². The number of hydrogen-bond donors (Lipinski definition) is 10. The highest BCUT2D eigenvalue weighted by Gasteiger charge is 2.27. The zero-order chi connectivity index (χ0) is 29.5. The van der Waals surface area contributed by atoms with Crippen molar-refractivity contribution in [3.05, 3.63) is 70.8 Å². The number of carbonyl (C=O) groups excluding carboxylic acids is 2. The number of carbonyl (C=O) groups is 2. The molecule has 0 aliphatic carbocycles. The third-order valence-electron chi connectivity index (χ3n) is 6.20. The van der Waals surface area contributed by atoms with Gasteiger partial charge in [-0.3, -0.25) is 9.59 Å². The number of rotatable bonds is 7. The molecule has 0 aliphatic rings. The van der Waals surface area contributed by atoms with Gasteiger partial charge in [0.25, 0.3) is 0 Å². The van der Waals surface area contributed by atoms with E-state index < -0.39 is 80.2 Å². The molecule has 0 atom stereocenters. The summed E-state index contributed by atoms with van der Waals surface area (Å²) < 4.78 is 0. The van der Waals surface area contributed by atoms with E-state index in [0.717, 1.165) is 36.4 Å². The number of aromatic hydroxyl groups is 10. The molecular weight excluding hydrogens is 528 g/mol. The van der Waals surface area contributed by atoms with Gasteiger partial charge >= 0.3 is 0 Å². The Hall–Kier alpha value is -5.78. The molecule has 0 fully saturated rings. The van der Waals surface area contributed by atoms with Crippen LogP contribution in [-0.2, 0) is 12.8 Å². The van der Waals surface area contributed by atoms with E-state index in [2.05, 4.69) is 0 Å². The maximum atomic E-state index is 13.3. The maximum absolute atomic E-state index is 13.3. The van der Waals surface area contributed by atoms with E-state index >= 15 is 0 Å². The molecule has 0 unspecified atom stereocenters. The second-order valence-electron chi connectivity index (χ2n) is 8.89. The minimum Gasteiger partial charge on any atom is -0.504 e. The van der Waals surface area contributed by atoms with Crippen LogP contribution in [0.4, 0.5) is 0 Å². The number of aryl methyl sites for hydroxylation is 2. The molecule has 4 aromatic carbocycles. The summed E-state index contributed by atoms with van der Waals surface area (Å²) in [6.07, 6.45) is 0.132. The van der Waals surface area contributed by atoms with Crippen LogP contribution in [0.25, 0.3) is 11.1 Å². The highest BCUT2D eigenvalue weighted by atomic mass is 16.3. The Bertz CT molecular complexity index is 1640. The van der Waals surface area contributed by atoms with E-state index in [0.29, 0.717) is 5.56 Å². The first kappa shape index (κ1) is 27.3.